The first-order valence-corrected chi connectivity index (χ1v) is 11.7. The molecule has 1 amide bonds. The van der Waals surface area contributed by atoms with Gasteiger partial charge in [0.15, 0.2) is 0 Å². The molecule has 8 heteroatoms. The molecule has 1 saturated heterocycles. The van der Waals surface area contributed by atoms with Gasteiger partial charge in [0.2, 0.25) is 5.91 Å². The molecule has 0 radical (unpaired) electrons. The van der Waals surface area contributed by atoms with Crippen LogP contribution >= 0.6 is 11.3 Å². The number of hydrogen-bond donors (Lipinski definition) is 4. The number of nitrogens with one attached hydrogen (secondary N) is 3. The van der Waals surface area contributed by atoms with E-state index in [9.17, 15) is 9.90 Å². The fourth-order valence-corrected chi connectivity index (χ4v) is 4.91. The molecule has 4 atom stereocenters. The third kappa shape index (κ3) is 5.51. The maximum atomic E-state index is 13.2. The van der Waals surface area contributed by atoms with E-state index in [1.165, 1.54) is 10.4 Å². The molecule has 1 aliphatic heterocycles. The highest BCUT2D eigenvalue weighted by Gasteiger charge is 2.40. The summed E-state index contributed by atoms with van der Waals surface area (Å²) in [7, 11) is 1.81. The molecule has 3 rings (SSSR count). The van der Waals surface area contributed by atoms with E-state index in [-0.39, 0.29) is 29.6 Å². The van der Waals surface area contributed by atoms with Gasteiger partial charge < -0.3 is 15.3 Å². The van der Waals surface area contributed by atoms with Gasteiger partial charge in [-0.15, -0.1) is 11.3 Å². The number of aliphatic hydroxyl groups is 1. The standard InChI is InChI=1S/C23H35N5O2S/c1-14(16-7-9-17(10-8-16)20-15(2)25-13-31-20)26-27-19-11-18(29)12-28(19)22(30)21(24-6)23(3,4)5/h7-10,13-14,18-19,21,24,26-27,29H,11-12H2,1-6H3/t14-,18+,19-,21+/m0/s1. The summed E-state index contributed by atoms with van der Waals surface area (Å²) in [6.45, 7) is 10.6. The highest BCUT2D eigenvalue weighted by molar-refractivity contribution is 7.13. The largest absolute Gasteiger partial charge is 0.391 e. The van der Waals surface area contributed by atoms with Crippen molar-refractivity contribution in [2.24, 2.45) is 5.41 Å². The molecule has 31 heavy (non-hydrogen) atoms. The molecule has 1 aliphatic rings. The van der Waals surface area contributed by atoms with Crippen LogP contribution in [0.15, 0.2) is 29.8 Å². The second-order valence-corrected chi connectivity index (χ2v) is 10.2. The van der Waals surface area contributed by atoms with Crippen LogP contribution in [0.3, 0.4) is 0 Å². The number of likely N-dealkylation sites (N-methyl/N-ethyl adjacent to an activating group) is 1. The molecule has 1 fully saturated rings. The first-order chi connectivity index (χ1) is 14.6. The Morgan fingerprint density at radius 2 is 1.97 bits per heavy atom. The van der Waals surface area contributed by atoms with Crippen LogP contribution in [0.4, 0.5) is 0 Å². The SMILES string of the molecule is CN[C@H](C(=O)N1C[C@H](O)C[C@H]1NN[C@@H](C)c1ccc(-c2scnc2C)cc1)C(C)(C)C. The monoisotopic (exact) mass is 445 g/mol. The lowest BCUT2D eigenvalue weighted by Crippen LogP contribution is -2.57. The zero-order chi connectivity index (χ0) is 22.8. The van der Waals surface area contributed by atoms with Crippen molar-refractivity contribution in [3.63, 3.8) is 0 Å². The topological polar surface area (TPSA) is 89.5 Å². The van der Waals surface area contributed by atoms with Gasteiger partial charge in [0.05, 0.1) is 34.4 Å². The molecule has 2 aromatic rings. The van der Waals surface area contributed by atoms with Gasteiger partial charge in [-0.05, 0) is 37.4 Å². The van der Waals surface area contributed by atoms with Gasteiger partial charge in [-0.3, -0.25) is 4.79 Å². The maximum Gasteiger partial charge on any atom is 0.241 e. The van der Waals surface area contributed by atoms with E-state index < -0.39 is 6.10 Å². The van der Waals surface area contributed by atoms with E-state index in [0.29, 0.717) is 13.0 Å². The van der Waals surface area contributed by atoms with Crippen molar-refractivity contribution in [1.82, 2.24) is 26.1 Å². The smallest absolute Gasteiger partial charge is 0.241 e. The number of carbonyl (C=O) groups is 1. The quantitative estimate of drug-likeness (QED) is 0.490. The number of aromatic nitrogens is 1. The van der Waals surface area contributed by atoms with Crippen LogP contribution < -0.4 is 16.2 Å². The van der Waals surface area contributed by atoms with Crippen LogP contribution in [0.5, 0.6) is 0 Å². The summed E-state index contributed by atoms with van der Waals surface area (Å²) in [5, 5.41) is 13.4. The normalized spacial score (nSPS) is 21.3. The second-order valence-electron chi connectivity index (χ2n) is 9.38. The summed E-state index contributed by atoms with van der Waals surface area (Å²) < 4.78 is 0. The number of carbonyl (C=O) groups excluding carboxylic acids is 1. The van der Waals surface area contributed by atoms with Gasteiger partial charge in [-0.1, -0.05) is 45.0 Å². The van der Waals surface area contributed by atoms with Gasteiger partial charge in [0, 0.05) is 19.0 Å². The highest BCUT2D eigenvalue weighted by Crippen LogP contribution is 2.28. The molecule has 4 N–H and O–H groups in total. The van der Waals surface area contributed by atoms with Gasteiger partial charge >= 0.3 is 0 Å². The Kier molecular flexibility index (Phi) is 7.49. The second kappa shape index (κ2) is 9.75. The predicted molar refractivity (Wildman–Crippen MR) is 125 cm³/mol. The van der Waals surface area contributed by atoms with Gasteiger partial charge in [-0.25, -0.2) is 15.8 Å². The number of likely N-dealkylation sites (tertiary alicyclic amines) is 1. The summed E-state index contributed by atoms with van der Waals surface area (Å²) >= 11 is 1.65. The van der Waals surface area contributed by atoms with Crippen molar-refractivity contribution >= 4 is 17.2 Å². The molecule has 7 nitrogen and oxygen atoms in total. The first-order valence-electron chi connectivity index (χ1n) is 10.8. The molecule has 0 aliphatic carbocycles. The van der Waals surface area contributed by atoms with Crippen LogP contribution in [-0.4, -0.2) is 52.8 Å². The van der Waals surface area contributed by atoms with Crippen LogP contribution in [0.25, 0.3) is 10.4 Å². The predicted octanol–water partition coefficient (Wildman–Crippen LogP) is 2.83. The van der Waals surface area contributed by atoms with Crippen LogP contribution in [0.1, 0.15) is 51.4 Å². The molecule has 1 aromatic carbocycles. The average molecular weight is 446 g/mol. The Bertz CT molecular complexity index is 877. The van der Waals surface area contributed by atoms with Crippen LogP contribution in [0.2, 0.25) is 0 Å². The van der Waals surface area contributed by atoms with Crippen molar-refractivity contribution in [2.75, 3.05) is 13.6 Å². The highest BCUT2D eigenvalue weighted by atomic mass is 32.1. The molecular formula is C23H35N5O2S. The zero-order valence-electron chi connectivity index (χ0n) is 19.3. The van der Waals surface area contributed by atoms with Gasteiger partial charge in [0.1, 0.15) is 0 Å². The molecule has 0 unspecified atom stereocenters. The van der Waals surface area contributed by atoms with Crippen molar-refractivity contribution in [3.05, 3.63) is 41.0 Å². The fourth-order valence-electron chi connectivity index (χ4n) is 4.09. The Hall–Kier alpha value is -1.84. The number of aryl methyl sites for hydroxylation is 1. The molecule has 170 valence electrons. The number of rotatable bonds is 7. The summed E-state index contributed by atoms with van der Waals surface area (Å²) in [5.74, 6) is 0.00258. The van der Waals surface area contributed by atoms with E-state index >= 15 is 0 Å². The minimum absolute atomic E-state index is 0.00258. The number of hydrogen-bond acceptors (Lipinski definition) is 7. The van der Waals surface area contributed by atoms with E-state index in [1.807, 2.05) is 33.2 Å². The summed E-state index contributed by atoms with van der Waals surface area (Å²) in [5.41, 5.74) is 11.6. The zero-order valence-corrected chi connectivity index (χ0v) is 20.1. The molecular weight excluding hydrogens is 410 g/mol. The number of nitrogens with zero attached hydrogens (tertiary/aromatic N) is 2. The van der Waals surface area contributed by atoms with Crippen LogP contribution in [0, 0.1) is 12.3 Å². The average Bonchev–Trinajstić information content (AvgIpc) is 3.30. The van der Waals surface area contributed by atoms with E-state index in [4.69, 9.17) is 0 Å². The molecule has 1 aromatic heterocycles. The Balaban J connectivity index is 1.63. The number of β-amino-alcohol motifs (C(OH)–C–C–N with tert-alkyl or cyclic N) is 1. The third-order valence-electron chi connectivity index (χ3n) is 5.85. The third-order valence-corrected chi connectivity index (χ3v) is 6.83. The minimum Gasteiger partial charge on any atom is -0.391 e. The maximum absolute atomic E-state index is 13.2. The van der Waals surface area contributed by atoms with Crippen LogP contribution in [-0.2, 0) is 4.79 Å². The lowest BCUT2D eigenvalue weighted by atomic mass is 9.86. The summed E-state index contributed by atoms with van der Waals surface area (Å²) in [6, 6.07) is 8.17. The lowest BCUT2D eigenvalue weighted by Gasteiger charge is -2.35. The van der Waals surface area contributed by atoms with Gasteiger partial charge in [0.25, 0.3) is 0 Å². The van der Waals surface area contributed by atoms with E-state index in [2.05, 4.69) is 52.3 Å². The van der Waals surface area contributed by atoms with Gasteiger partial charge in [-0.2, -0.15) is 0 Å². The number of amides is 1. The number of aliphatic hydroxyl groups excluding tert-OH is 1. The van der Waals surface area contributed by atoms with Crippen molar-refractivity contribution in [3.8, 4) is 10.4 Å². The number of hydrazine groups is 1. The van der Waals surface area contributed by atoms with E-state index in [0.717, 1.165) is 11.3 Å². The molecule has 0 bridgehead atoms. The molecule has 0 spiro atoms. The van der Waals surface area contributed by atoms with E-state index in [1.54, 1.807) is 23.3 Å². The fraction of sp³-hybridized carbons (Fsp3) is 0.565. The van der Waals surface area contributed by atoms with Crippen molar-refractivity contribution in [1.29, 1.82) is 0 Å². The molecule has 2 heterocycles. The summed E-state index contributed by atoms with van der Waals surface area (Å²) in [6.07, 6.45) is -0.296. The minimum atomic E-state index is -0.530. The Morgan fingerprint density at radius 3 is 2.52 bits per heavy atom. The van der Waals surface area contributed by atoms with Crippen molar-refractivity contribution < 1.29 is 9.90 Å². The number of thiazole rings is 1. The Labute approximate surface area is 189 Å². The Morgan fingerprint density at radius 1 is 1.29 bits per heavy atom. The lowest BCUT2D eigenvalue weighted by molar-refractivity contribution is -0.138. The van der Waals surface area contributed by atoms with Crippen molar-refractivity contribution in [2.45, 2.75) is 65.4 Å². The number of benzene rings is 1. The first kappa shape index (κ1) is 23.8. The molecule has 0 saturated carbocycles. The summed E-state index contributed by atoms with van der Waals surface area (Å²) in [4.78, 5) is 20.4.